The lowest BCUT2D eigenvalue weighted by Gasteiger charge is -2.22. The van der Waals surface area contributed by atoms with E-state index >= 15 is 0 Å². The Balaban J connectivity index is 2.78. The quantitative estimate of drug-likeness (QED) is 0.567. The third-order valence-corrected chi connectivity index (χ3v) is 1.74. The van der Waals surface area contributed by atoms with Crippen LogP contribution < -0.4 is 10.6 Å². The van der Waals surface area contributed by atoms with E-state index in [2.05, 4.69) is 10.6 Å². The van der Waals surface area contributed by atoms with Crippen LogP contribution in [0.3, 0.4) is 0 Å². The van der Waals surface area contributed by atoms with E-state index in [0.717, 1.165) is 0 Å². The number of piperazine rings is 1. The number of nitrogens with one attached hydrogen (secondary N) is 2. The van der Waals surface area contributed by atoms with Crippen molar-refractivity contribution in [3.63, 3.8) is 0 Å². The molecule has 1 aliphatic rings. The highest BCUT2D eigenvalue weighted by Crippen LogP contribution is 2.04. The summed E-state index contributed by atoms with van der Waals surface area (Å²) in [5.41, 5.74) is 0.359. The summed E-state index contributed by atoms with van der Waals surface area (Å²) in [6.07, 6.45) is 1.74. The Labute approximate surface area is 77.4 Å². The highest BCUT2D eigenvalue weighted by atomic mass is 16.2. The fourth-order valence-corrected chi connectivity index (χ4v) is 1.09. The topological polar surface area (TPSA) is 58.2 Å². The van der Waals surface area contributed by atoms with Crippen LogP contribution in [0.4, 0.5) is 0 Å². The molecule has 1 fully saturated rings. The minimum Gasteiger partial charge on any atom is -0.339 e. The van der Waals surface area contributed by atoms with Crippen LogP contribution in [-0.4, -0.2) is 17.9 Å². The van der Waals surface area contributed by atoms with E-state index in [1.54, 1.807) is 13.0 Å². The Kier molecular flexibility index (Phi) is 2.70. The van der Waals surface area contributed by atoms with E-state index < -0.39 is 6.04 Å². The monoisotopic (exact) mass is 182 g/mol. The molecule has 1 heterocycles. The van der Waals surface area contributed by atoms with Gasteiger partial charge in [-0.25, -0.2) is 0 Å². The molecule has 0 aromatic carbocycles. The summed E-state index contributed by atoms with van der Waals surface area (Å²) in [5.74, 6) is -0.123. The van der Waals surface area contributed by atoms with Gasteiger partial charge in [-0.2, -0.15) is 0 Å². The molecular weight excluding hydrogens is 168 g/mol. The molecule has 0 unspecified atom stereocenters. The van der Waals surface area contributed by atoms with E-state index in [0.29, 0.717) is 5.70 Å². The van der Waals surface area contributed by atoms with Gasteiger partial charge >= 0.3 is 0 Å². The van der Waals surface area contributed by atoms with Crippen molar-refractivity contribution in [3.05, 3.63) is 11.8 Å². The van der Waals surface area contributed by atoms with E-state index in [1.807, 2.05) is 13.8 Å². The number of allylic oxidation sites excluding steroid dienone is 1. The smallest absolute Gasteiger partial charge is 0.268 e. The average Bonchev–Trinajstić information content (AvgIpc) is 1.99. The van der Waals surface area contributed by atoms with Crippen LogP contribution in [-0.2, 0) is 9.59 Å². The second-order valence-electron chi connectivity index (χ2n) is 3.51. The number of hydrogen-bond acceptors (Lipinski definition) is 2. The maximum Gasteiger partial charge on any atom is 0.268 e. The summed E-state index contributed by atoms with van der Waals surface area (Å²) in [6, 6.07) is -0.434. The SMILES string of the molecule is CC(C)/C=C1/NC(=O)[C@H](C)NC1=O. The molecule has 1 atom stereocenters. The Morgan fingerprint density at radius 2 is 2.00 bits per heavy atom. The van der Waals surface area contributed by atoms with Gasteiger partial charge in [0, 0.05) is 0 Å². The van der Waals surface area contributed by atoms with Crippen molar-refractivity contribution in [2.45, 2.75) is 26.8 Å². The largest absolute Gasteiger partial charge is 0.339 e. The molecule has 72 valence electrons. The highest BCUT2D eigenvalue weighted by molar-refractivity contribution is 6.04. The third kappa shape index (κ3) is 2.31. The standard InChI is InChI=1S/C9H14N2O2/c1-5(2)4-7-9(13)10-6(3)8(12)11-7/h4-6H,1-3H3,(H,10,13)(H,11,12)/b7-4+/t6-/m0/s1. The van der Waals surface area contributed by atoms with Crippen molar-refractivity contribution >= 4 is 11.8 Å². The van der Waals surface area contributed by atoms with Crippen molar-refractivity contribution in [1.82, 2.24) is 10.6 Å². The van der Waals surface area contributed by atoms with Gasteiger partial charge in [0.1, 0.15) is 11.7 Å². The van der Waals surface area contributed by atoms with Gasteiger partial charge in [0.25, 0.3) is 5.91 Å². The first-order valence-electron chi connectivity index (χ1n) is 4.34. The van der Waals surface area contributed by atoms with Gasteiger partial charge in [-0.1, -0.05) is 19.9 Å². The lowest BCUT2D eigenvalue weighted by atomic mass is 10.1. The Hall–Kier alpha value is -1.32. The number of carbonyl (C=O) groups excluding carboxylic acids is 2. The second-order valence-corrected chi connectivity index (χ2v) is 3.51. The van der Waals surface area contributed by atoms with E-state index in [1.165, 1.54) is 0 Å². The molecule has 1 aliphatic heterocycles. The minimum absolute atomic E-state index is 0.161. The maximum absolute atomic E-state index is 11.3. The van der Waals surface area contributed by atoms with Gasteiger partial charge in [-0.15, -0.1) is 0 Å². The Bertz CT molecular complexity index is 269. The summed E-state index contributed by atoms with van der Waals surface area (Å²) in [6.45, 7) is 5.55. The van der Waals surface area contributed by atoms with Gasteiger partial charge < -0.3 is 10.6 Å². The first-order chi connectivity index (χ1) is 6.00. The van der Waals surface area contributed by atoms with Crippen molar-refractivity contribution in [1.29, 1.82) is 0 Å². The van der Waals surface area contributed by atoms with Crippen molar-refractivity contribution in [2.75, 3.05) is 0 Å². The Morgan fingerprint density at radius 3 is 2.54 bits per heavy atom. The molecule has 4 heteroatoms. The van der Waals surface area contributed by atoms with Gasteiger partial charge in [0.2, 0.25) is 5.91 Å². The molecular formula is C9H14N2O2. The fraction of sp³-hybridized carbons (Fsp3) is 0.556. The molecule has 13 heavy (non-hydrogen) atoms. The summed E-state index contributed by atoms with van der Waals surface area (Å²) in [5, 5.41) is 5.12. The minimum atomic E-state index is -0.434. The third-order valence-electron chi connectivity index (χ3n) is 1.74. The lowest BCUT2D eigenvalue weighted by Crippen LogP contribution is -2.53. The van der Waals surface area contributed by atoms with Gasteiger partial charge in [-0.05, 0) is 12.8 Å². The predicted octanol–water partition coefficient (Wildman–Crippen LogP) is 0.161. The van der Waals surface area contributed by atoms with E-state index in [9.17, 15) is 9.59 Å². The fourth-order valence-electron chi connectivity index (χ4n) is 1.09. The molecule has 0 radical (unpaired) electrons. The van der Waals surface area contributed by atoms with Crippen LogP contribution in [0.5, 0.6) is 0 Å². The number of hydrogen-bond donors (Lipinski definition) is 2. The van der Waals surface area contributed by atoms with Crippen LogP contribution in [0, 0.1) is 5.92 Å². The first kappa shape index (κ1) is 9.77. The molecule has 0 saturated carbocycles. The number of amides is 2. The van der Waals surface area contributed by atoms with Crippen molar-refractivity contribution in [3.8, 4) is 0 Å². The predicted molar refractivity (Wildman–Crippen MR) is 48.7 cm³/mol. The molecule has 1 rings (SSSR count). The maximum atomic E-state index is 11.3. The zero-order valence-electron chi connectivity index (χ0n) is 8.05. The zero-order chi connectivity index (χ0) is 10.0. The summed E-state index contributed by atoms with van der Waals surface area (Å²) in [7, 11) is 0. The Morgan fingerprint density at radius 1 is 1.38 bits per heavy atom. The zero-order valence-corrected chi connectivity index (χ0v) is 8.05. The molecule has 1 saturated heterocycles. The van der Waals surface area contributed by atoms with Crippen LogP contribution >= 0.6 is 0 Å². The first-order valence-corrected chi connectivity index (χ1v) is 4.34. The second kappa shape index (κ2) is 3.60. The normalized spacial score (nSPS) is 26.2. The van der Waals surface area contributed by atoms with Crippen LogP contribution in [0.15, 0.2) is 11.8 Å². The molecule has 4 nitrogen and oxygen atoms in total. The molecule has 0 aromatic rings. The number of rotatable bonds is 1. The van der Waals surface area contributed by atoms with E-state index in [-0.39, 0.29) is 17.7 Å². The highest BCUT2D eigenvalue weighted by Gasteiger charge is 2.25. The molecule has 0 spiro atoms. The summed E-state index contributed by atoms with van der Waals surface area (Å²) in [4.78, 5) is 22.5. The molecule has 0 aliphatic carbocycles. The van der Waals surface area contributed by atoms with Crippen LogP contribution in [0.1, 0.15) is 20.8 Å². The molecule has 2 N–H and O–H groups in total. The van der Waals surface area contributed by atoms with E-state index in [4.69, 9.17) is 0 Å². The summed E-state index contributed by atoms with van der Waals surface area (Å²) < 4.78 is 0. The van der Waals surface area contributed by atoms with Gasteiger partial charge in [0.05, 0.1) is 0 Å². The number of carbonyl (C=O) groups is 2. The average molecular weight is 182 g/mol. The molecule has 2 amide bonds. The summed E-state index contributed by atoms with van der Waals surface area (Å²) >= 11 is 0. The van der Waals surface area contributed by atoms with Gasteiger partial charge in [0.15, 0.2) is 0 Å². The molecule has 0 bridgehead atoms. The van der Waals surface area contributed by atoms with Gasteiger partial charge in [-0.3, -0.25) is 9.59 Å². The van der Waals surface area contributed by atoms with Crippen molar-refractivity contribution in [2.24, 2.45) is 5.92 Å². The van der Waals surface area contributed by atoms with Crippen LogP contribution in [0.2, 0.25) is 0 Å². The molecule has 0 aromatic heterocycles. The van der Waals surface area contributed by atoms with Crippen molar-refractivity contribution < 1.29 is 9.59 Å². The van der Waals surface area contributed by atoms with Crippen LogP contribution in [0.25, 0.3) is 0 Å². The lowest BCUT2D eigenvalue weighted by molar-refractivity contribution is -0.130.